The summed E-state index contributed by atoms with van der Waals surface area (Å²) in [7, 11) is -3.76. The Kier molecular flexibility index (Phi) is 5.88. The molecule has 0 radical (unpaired) electrons. The lowest BCUT2D eigenvalue weighted by Crippen LogP contribution is -2.31. The van der Waals surface area contributed by atoms with E-state index in [1.165, 1.54) is 0 Å². The van der Waals surface area contributed by atoms with Crippen LogP contribution in [-0.2, 0) is 22.4 Å². The summed E-state index contributed by atoms with van der Waals surface area (Å²) in [5, 5.41) is 0. The molecule has 0 spiro atoms. The molecule has 0 fully saturated rings. The number of carbonyl (C=O) groups excluding carboxylic acids is 1. The van der Waals surface area contributed by atoms with Crippen LogP contribution in [0.25, 0.3) is 0 Å². The zero-order chi connectivity index (χ0) is 19.1. The molecule has 0 atom stereocenters. The van der Waals surface area contributed by atoms with Gasteiger partial charge in [0.05, 0.1) is 5.75 Å². The van der Waals surface area contributed by atoms with Crippen molar-refractivity contribution in [3.8, 4) is 5.75 Å². The van der Waals surface area contributed by atoms with E-state index < -0.39 is 15.9 Å². The van der Waals surface area contributed by atoms with Crippen molar-refractivity contribution in [2.45, 2.75) is 12.4 Å². The fourth-order valence-electron chi connectivity index (χ4n) is 2.47. The fraction of sp³-hybridized carbons (Fsp3) is 0.0952. The topological polar surface area (TPSA) is 72.5 Å². The Balaban J connectivity index is 1.58. The van der Waals surface area contributed by atoms with Crippen molar-refractivity contribution < 1.29 is 17.9 Å². The Morgan fingerprint density at radius 3 is 2.00 bits per heavy atom. The highest BCUT2D eigenvalue weighted by Gasteiger charge is 2.16. The van der Waals surface area contributed by atoms with Crippen LogP contribution >= 0.6 is 0 Å². The third-order valence-corrected chi connectivity index (χ3v) is 5.02. The lowest BCUT2D eigenvalue weighted by molar-refractivity contribution is 0.0981. The summed E-state index contributed by atoms with van der Waals surface area (Å²) in [6.45, 7) is 0.359. The second-order valence-electron chi connectivity index (χ2n) is 5.97. The van der Waals surface area contributed by atoms with Gasteiger partial charge in [-0.15, -0.1) is 0 Å². The summed E-state index contributed by atoms with van der Waals surface area (Å²) in [5.41, 5.74) is 1.77. The van der Waals surface area contributed by atoms with Gasteiger partial charge in [0.1, 0.15) is 12.4 Å². The first-order chi connectivity index (χ1) is 13.0. The van der Waals surface area contributed by atoms with Gasteiger partial charge in [-0.2, -0.15) is 0 Å². The van der Waals surface area contributed by atoms with Crippen LogP contribution in [-0.4, -0.2) is 14.3 Å². The van der Waals surface area contributed by atoms with Crippen molar-refractivity contribution in [3.63, 3.8) is 0 Å². The zero-order valence-electron chi connectivity index (χ0n) is 14.5. The van der Waals surface area contributed by atoms with Crippen LogP contribution in [0.5, 0.6) is 5.75 Å². The van der Waals surface area contributed by atoms with Crippen molar-refractivity contribution in [1.29, 1.82) is 0 Å². The Morgan fingerprint density at radius 1 is 0.778 bits per heavy atom. The van der Waals surface area contributed by atoms with Gasteiger partial charge in [-0.1, -0.05) is 60.7 Å². The molecule has 3 aromatic carbocycles. The molecule has 5 nitrogen and oxygen atoms in total. The second kappa shape index (κ2) is 8.51. The molecule has 3 rings (SSSR count). The maximum absolute atomic E-state index is 12.2. The quantitative estimate of drug-likeness (QED) is 0.680. The van der Waals surface area contributed by atoms with E-state index in [4.69, 9.17) is 4.74 Å². The van der Waals surface area contributed by atoms with Crippen LogP contribution in [0, 0.1) is 0 Å². The highest BCUT2D eigenvalue weighted by Crippen LogP contribution is 2.13. The maximum atomic E-state index is 12.2. The van der Waals surface area contributed by atoms with Crippen LogP contribution in [0.2, 0.25) is 0 Å². The first-order valence-corrected chi connectivity index (χ1v) is 10.0. The molecule has 27 heavy (non-hydrogen) atoms. The van der Waals surface area contributed by atoms with Gasteiger partial charge in [0.2, 0.25) is 10.0 Å². The van der Waals surface area contributed by atoms with Gasteiger partial charge in [-0.05, 0) is 35.4 Å². The summed E-state index contributed by atoms with van der Waals surface area (Å²) in [5.74, 6) is -0.143. The van der Waals surface area contributed by atoms with Gasteiger partial charge in [-0.3, -0.25) is 4.79 Å². The minimum atomic E-state index is -3.76. The van der Waals surface area contributed by atoms with Crippen molar-refractivity contribution in [3.05, 3.63) is 102 Å². The van der Waals surface area contributed by atoms with Gasteiger partial charge in [0.15, 0.2) is 0 Å². The number of hydrogen-bond donors (Lipinski definition) is 1. The third kappa shape index (κ3) is 5.69. The van der Waals surface area contributed by atoms with Crippen molar-refractivity contribution in [2.24, 2.45) is 0 Å². The molecule has 0 aliphatic carbocycles. The highest BCUT2D eigenvalue weighted by atomic mass is 32.2. The SMILES string of the molecule is O=C(NS(=O)(=O)Cc1ccccc1)c1ccc(COc2ccccc2)cc1. The summed E-state index contributed by atoms with van der Waals surface area (Å²) in [6, 6.07) is 24.7. The van der Waals surface area contributed by atoms with Crippen LogP contribution in [0.1, 0.15) is 21.5 Å². The zero-order valence-corrected chi connectivity index (χ0v) is 15.4. The molecular formula is C21H19NO4S. The molecule has 3 aromatic rings. The minimum absolute atomic E-state index is 0.247. The average Bonchev–Trinajstić information content (AvgIpc) is 2.67. The normalized spacial score (nSPS) is 11.0. The first kappa shape index (κ1) is 18.7. The summed E-state index contributed by atoms with van der Waals surface area (Å²) in [6.07, 6.45) is 0. The number of carbonyl (C=O) groups is 1. The number of ether oxygens (including phenoxy) is 1. The van der Waals surface area contributed by atoms with E-state index in [-0.39, 0.29) is 11.3 Å². The second-order valence-corrected chi connectivity index (χ2v) is 7.70. The molecule has 0 heterocycles. The predicted octanol–water partition coefficient (Wildman–Crippen LogP) is 3.53. The van der Waals surface area contributed by atoms with Gasteiger partial charge >= 0.3 is 0 Å². The number of sulfonamides is 1. The molecule has 0 unspecified atom stereocenters. The smallest absolute Gasteiger partial charge is 0.264 e. The molecule has 0 aliphatic rings. The molecule has 0 aliphatic heterocycles. The molecule has 1 amide bonds. The van der Waals surface area contributed by atoms with Crippen LogP contribution in [0.3, 0.4) is 0 Å². The molecule has 0 bridgehead atoms. The molecule has 0 saturated carbocycles. The predicted molar refractivity (Wildman–Crippen MR) is 104 cm³/mol. The summed E-state index contributed by atoms with van der Waals surface area (Å²) in [4.78, 5) is 12.2. The third-order valence-electron chi connectivity index (χ3n) is 3.81. The Morgan fingerprint density at radius 2 is 1.37 bits per heavy atom. The maximum Gasteiger partial charge on any atom is 0.264 e. The number of para-hydroxylation sites is 1. The van der Waals surface area contributed by atoms with E-state index in [0.29, 0.717) is 12.2 Å². The molecule has 138 valence electrons. The van der Waals surface area contributed by atoms with Crippen molar-refractivity contribution in [2.75, 3.05) is 0 Å². The van der Waals surface area contributed by atoms with Crippen molar-refractivity contribution >= 4 is 15.9 Å². The van der Waals surface area contributed by atoms with E-state index >= 15 is 0 Å². The Labute approximate surface area is 158 Å². The van der Waals surface area contributed by atoms with Gasteiger partial charge in [0.25, 0.3) is 5.91 Å². The van der Waals surface area contributed by atoms with E-state index in [2.05, 4.69) is 4.72 Å². The van der Waals surface area contributed by atoms with Crippen LogP contribution < -0.4 is 9.46 Å². The largest absolute Gasteiger partial charge is 0.489 e. The number of rotatable bonds is 7. The summed E-state index contributed by atoms with van der Waals surface area (Å²) >= 11 is 0. The number of nitrogens with one attached hydrogen (secondary N) is 1. The van der Waals surface area contributed by atoms with Gasteiger partial charge < -0.3 is 4.74 Å². The lowest BCUT2D eigenvalue weighted by Gasteiger charge is -2.09. The van der Waals surface area contributed by atoms with E-state index in [9.17, 15) is 13.2 Å². The standard InChI is InChI=1S/C21H19NO4S/c23-21(22-27(24,25)16-18-7-3-1-4-8-18)19-13-11-17(12-14-19)15-26-20-9-5-2-6-10-20/h1-14H,15-16H2,(H,22,23). The lowest BCUT2D eigenvalue weighted by atomic mass is 10.1. The highest BCUT2D eigenvalue weighted by molar-refractivity contribution is 7.89. The van der Waals surface area contributed by atoms with E-state index in [0.717, 1.165) is 11.3 Å². The van der Waals surface area contributed by atoms with E-state index in [1.807, 2.05) is 30.3 Å². The van der Waals surface area contributed by atoms with Crippen LogP contribution in [0.15, 0.2) is 84.9 Å². The molecule has 6 heteroatoms. The summed E-state index contributed by atoms with van der Waals surface area (Å²) < 4.78 is 32.1. The minimum Gasteiger partial charge on any atom is -0.489 e. The molecule has 1 N–H and O–H groups in total. The Hall–Kier alpha value is -3.12. The molecular weight excluding hydrogens is 362 g/mol. The fourth-order valence-corrected chi connectivity index (χ4v) is 3.57. The first-order valence-electron chi connectivity index (χ1n) is 8.37. The van der Waals surface area contributed by atoms with Gasteiger partial charge in [-0.25, -0.2) is 13.1 Å². The molecule has 0 saturated heterocycles. The molecule has 0 aromatic heterocycles. The number of amides is 1. The van der Waals surface area contributed by atoms with Crippen molar-refractivity contribution in [1.82, 2.24) is 4.72 Å². The average molecular weight is 381 g/mol. The van der Waals surface area contributed by atoms with Crippen LogP contribution in [0.4, 0.5) is 0 Å². The monoisotopic (exact) mass is 381 g/mol. The Bertz CT molecular complexity index is 985. The number of hydrogen-bond acceptors (Lipinski definition) is 4. The van der Waals surface area contributed by atoms with E-state index in [1.54, 1.807) is 54.6 Å². The number of benzene rings is 3. The van der Waals surface area contributed by atoms with Gasteiger partial charge in [0, 0.05) is 5.56 Å².